The van der Waals surface area contributed by atoms with Crippen LogP contribution in [0.3, 0.4) is 0 Å². The lowest BCUT2D eigenvalue weighted by Crippen LogP contribution is -2.23. The number of ether oxygens (including phenoxy) is 2. The molecule has 0 aliphatic heterocycles. The van der Waals surface area contributed by atoms with E-state index in [0.717, 1.165) is 16.9 Å². The molecule has 1 aromatic carbocycles. The fraction of sp³-hybridized carbons (Fsp3) is 0.167. The molecule has 1 amide bonds. The summed E-state index contributed by atoms with van der Waals surface area (Å²) in [5.74, 6) is 0.892. The first-order valence-electron chi connectivity index (χ1n) is 7.86. The molecule has 0 saturated heterocycles. The number of carbonyl (C=O) groups excluding carboxylic acids is 1. The zero-order chi connectivity index (χ0) is 19.6. The molecule has 0 spiro atoms. The maximum Gasteiger partial charge on any atom is 0.263 e. The molecule has 0 bridgehead atoms. The molecular formula is C18H17N5O3S. The molecule has 0 aliphatic carbocycles. The number of amides is 1. The average Bonchev–Trinajstić information content (AvgIpc) is 3.00. The average molecular weight is 383 g/mol. The van der Waals surface area contributed by atoms with Gasteiger partial charge in [0.1, 0.15) is 21.6 Å². The Balaban J connectivity index is 1.87. The van der Waals surface area contributed by atoms with E-state index < -0.39 is 0 Å². The third kappa shape index (κ3) is 3.30. The van der Waals surface area contributed by atoms with Crippen molar-refractivity contribution in [3.8, 4) is 17.6 Å². The van der Waals surface area contributed by atoms with E-state index in [1.807, 2.05) is 18.2 Å². The molecule has 0 unspecified atom stereocenters. The number of carbonyl (C=O) groups is 1. The normalized spacial score (nSPS) is 10.4. The van der Waals surface area contributed by atoms with Gasteiger partial charge in [0.25, 0.3) is 5.91 Å². The lowest BCUT2D eigenvalue weighted by atomic mass is 10.1. The molecule has 3 aromatic rings. The number of thiophene rings is 1. The molecular weight excluding hydrogens is 366 g/mol. The third-order valence-corrected chi connectivity index (χ3v) is 5.12. The second kappa shape index (κ2) is 7.39. The van der Waals surface area contributed by atoms with Gasteiger partial charge in [0.05, 0.1) is 25.5 Å². The van der Waals surface area contributed by atoms with Crippen LogP contribution in [-0.4, -0.2) is 25.1 Å². The van der Waals surface area contributed by atoms with Crippen molar-refractivity contribution >= 4 is 39.0 Å². The fourth-order valence-corrected chi connectivity index (χ4v) is 3.66. The van der Waals surface area contributed by atoms with Crippen LogP contribution in [0.2, 0.25) is 0 Å². The lowest BCUT2D eigenvalue weighted by molar-refractivity contribution is 0.0955. The number of fused-ring (bicyclic) bond motifs is 1. The van der Waals surface area contributed by atoms with Gasteiger partial charge >= 0.3 is 0 Å². The summed E-state index contributed by atoms with van der Waals surface area (Å²) in [5.41, 5.74) is 13.1. The van der Waals surface area contributed by atoms with E-state index in [4.69, 9.17) is 26.2 Å². The molecule has 138 valence electrons. The van der Waals surface area contributed by atoms with Crippen molar-refractivity contribution in [3.63, 3.8) is 0 Å². The number of nitrogens with two attached hydrogens (primary N) is 2. The number of benzene rings is 1. The van der Waals surface area contributed by atoms with Crippen molar-refractivity contribution < 1.29 is 14.3 Å². The predicted octanol–water partition coefficient (Wildman–Crippen LogP) is 2.28. The van der Waals surface area contributed by atoms with E-state index in [9.17, 15) is 4.79 Å². The maximum atomic E-state index is 12.6. The van der Waals surface area contributed by atoms with Gasteiger partial charge in [0.2, 0.25) is 0 Å². The van der Waals surface area contributed by atoms with Crippen LogP contribution < -0.4 is 26.3 Å². The monoisotopic (exact) mass is 383 g/mol. The van der Waals surface area contributed by atoms with Gasteiger partial charge in [-0.05, 0) is 12.1 Å². The van der Waals surface area contributed by atoms with Crippen LogP contribution in [0.5, 0.6) is 11.5 Å². The quantitative estimate of drug-likeness (QED) is 0.615. The second-order valence-electron chi connectivity index (χ2n) is 5.57. The number of nitriles is 1. The molecule has 8 nitrogen and oxygen atoms in total. The van der Waals surface area contributed by atoms with Crippen molar-refractivity contribution in [2.24, 2.45) is 0 Å². The Bertz CT molecular complexity index is 1070. The molecule has 0 saturated carbocycles. The van der Waals surface area contributed by atoms with Gasteiger partial charge in [-0.15, -0.1) is 11.3 Å². The minimum Gasteiger partial charge on any atom is -0.493 e. The minimum atomic E-state index is -0.350. The smallest absolute Gasteiger partial charge is 0.263 e. The molecule has 0 radical (unpaired) electrons. The Kier molecular flexibility index (Phi) is 5.00. The van der Waals surface area contributed by atoms with E-state index >= 15 is 0 Å². The predicted molar refractivity (Wildman–Crippen MR) is 104 cm³/mol. The lowest BCUT2D eigenvalue weighted by Gasteiger charge is -2.13. The molecule has 0 fully saturated rings. The standard InChI is InChI=1S/C18H17N5O3S/c1-25-12-5-3-4-9(14(12)26-2)8-22-17(24)15-13(20)11-6-10(7-19)16(21)23-18(11)27-15/h3-6H,8,20H2,1-2H3,(H2,21,23)(H,22,24). The Morgan fingerprint density at radius 2 is 2.11 bits per heavy atom. The summed E-state index contributed by atoms with van der Waals surface area (Å²) < 4.78 is 10.6. The highest BCUT2D eigenvalue weighted by Gasteiger charge is 2.19. The van der Waals surface area contributed by atoms with E-state index in [0.29, 0.717) is 26.6 Å². The number of para-hydroxylation sites is 1. The van der Waals surface area contributed by atoms with Crippen LogP contribution in [0.25, 0.3) is 10.2 Å². The van der Waals surface area contributed by atoms with E-state index in [2.05, 4.69) is 10.3 Å². The number of anilines is 2. The SMILES string of the molecule is COc1cccc(CNC(=O)c2sc3nc(N)c(C#N)cc3c2N)c1OC. The molecule has 2 heterocycles. The van der Waals surface area contributed by atoms with Gasteiger partial charge in [-0.3, -0.25) is 4.79 Å². The van der Waals surface area contributed by atoms with Crippen LogP contribution in [0.4, 0.5) is 11.5 Å². The zero-order valence-electron chi connectivity index (χ0n) is 14.7. The Morgan fingerprint density at radius 1 is 1.33 bits per heavy atom. The van der Waals surface area contributed by atoms with Gasteiger partial charge in [-0.1, -0.05) is 12.1 Å². The maximum absolute atomic E-state index is 12.6. The topological polar surface area (TPSA) is 136 Å². The van der Waals surface area contributed by atoms with Crippen LogP contribution in [-0.2, 0) is 6.54 Å². The first-order chi connectivity index (χ1) is 13.0. The van der Waals surface area contributed by atoms with Gasteiger partial charge in [0.15, 0.2) is 11.5 Å². The second-order valence-corrected chi connectivity index (χ2v) is 6.56. The van der Waals surface area contributed by atoms with Gasteiger partial charge in [-0.25, -0.2) is 4.98 Å². The minimum absolute atomic E-state index is 0.110. The number of pyridine rings is 1. The summed E-state index contributed by atoms with van der Waals surface area (Å²) in [6, 6.07) is 8.92. The van der Waals surface area contributed by atoms with Crippen molar-refractivity contribution in [2.45, 2.75) is 6.54 Å². The number of aromatic nitrogens is 1. The van der Waals surface area contributed by atoms with Crippen molar-refractivity contribution in [1.29, 1.82) is 5.26 Å². The fourth-order valence-electron chi connectivity index (χ4n) is 2.66. The number of nitrogens with one attached hydrogen (secondary N) is 1. The van der Waals surface area contributed by atoms with Crippen molar-refractivity contribution in [2.75, 3.05) is 25.7 Å². The van der Waals surface area contributed by atoms with Gasteiger partial charge in [-0.2, -0.15) is 5.26 Å². The first-order valence-corrected chi connectivity index (χ1v) is 8.68. The number of rotatable bonds is 5. The number of nitrogen functional groups attached to an aromatic ring is 2. The van der Waals surface area contributed by atoms with Crippen LogP contribution in [0.15, 0.2) is 24.3 Å². The molecule has 27 heavy (non-hydrogen) atoms. The van der Waals surface area contributed by atoms with Crippen LogP contribution in [0, 0.1) is 11.3 Å². The molecule has 5 N–H and O–H groups in total. The summed E-state index contributed by atoms with van der Waals surface area (Å²) in [7, 11) is 3.09. The Hall–Kier alpha value is -3.51. The molecule has 3 rings (SSSR count). The summed E-state index contributed by atoms with van der Waals surface area (Å²) in [4.78, 5) is 17.6. The van der Waals surface area contributed by atoms with E-state index in [1.54, 1.807) is 19.2 Å². The van der Waals surface area contributed by atoms with Crippen molar-refractivity contribution in [3.05, 3.63) is 40.3 Å². The van der Waals surface area contributed by atoms with E-state index in [1.165, 1.54) is 7.11 Å². The van der Waals surface area contributed by atoms with Crippen LogP contribution >= 0.6 is 11.3 Å². The number of methoxy groups -OCH3 is 2. The van der Waals surface area contributed by atoms with Gasteiger partial charge in [0, 0.05) is 17.5 Å². The number of hydrogen-bond donors (Lipinski definition) is 3. The summed E-state index contributed by atoms with van der Waals surface area (Å²) in [6.07, 6.45) is 0. The largest absolute Gasteiger partial charge is 0.493 e. The van der Waals surface area contributed by atoms with Gasteiger partial charge < -0.3 is 26.3 Å². The highest BCUT2D eigenvalue weighted by Crippen LogP contribution is 2.34. The highest BCUT2D eigenvalue weighted by atomic mass is 32.1. The molecule has 0 aliphatic rings. The number of hydrogen-bond acceptors (Lipinski definition) is 8. The summed E-state index contributed by atoms with van der Waals surface area (Å²) in [5, 5.41) is 12.4. The molecule has 0 atom stereocenters. The van der Waals surface area contributed by atoms with Crippen LogP contribution in [0.1, 0.15) is 20.8 Å². The first kappa shape index (κ1) is 18.3. The number of nitrogens with zero attached hydrogens (tertiary/aromatic N) is 2. The Labute approximate surface area is 159 Å². The molecule has 9 heteroatoms. The third-order valence-electron chi connectivity index (χ3n) is 4.00. The Morgan fingerprint density at radius 3 is 2.78 bits per heavy atom. The van der Waals surface area contributed by atoms with Crippen molar-refractivity contribution in [1.82, 2.24) is 10.3 Å². The summed E-state index contributed by atoms with van der Waals surface area (Å²) >= 11 is 1.12. The zero-order valence-corrected chi connectivity index (χ0v) is 15.5. The molecule has 2 aromatic heterocycles. The summed E-state index contributed by atoms with van der Waals surface area (Å²) in [6.45, 7) is 0.228. The van der Waals surface area contributed by atoms with E-state index in [-0.39, 0.29) is 29.5 Å². The highest BCUT2D eigenvalue weighted by molar-refractivity contribution is 7.21.